The number of carbonyl (C=O) groups is 2. The van der Waals surface area contributed by atoms with Gasteiger partial charge in [-0.05, 0) is 35.6 Å². The first-order valence-electron chi connectivity index (χ1n) is 8.74. The molecular weight excluding hydrogens is 314 g/mol. The third kappa shape index (κ3) is 3.90. The highest BCUT2D eigenvalue weighted by molar-refractivity contribution is 6.00. The number of hydrogen-bond acceptors (Lipinski definition) is 3. The fourth-order valence-electron chi connectivity index (χ4n) is 3.31. The minimum atomic E-state index is -0.169. The average Bonchev–Trinajstić information content (AvgIpc) is 2.98. The molecule has 3 rings (SSSR count). The van der Waals surface area contributed by atoms with Crippen LogP contribution in [0.3, 0.4) is 0 Å². The first-order valence-corrected chi connectivity index (χ1v) is 8.74. The first kappa shape index (κ1) is 17.2. The maximum atomic E-state index is 12.7. The Morgan fingerprint density at radius 2 is 1.76 bits per heavy atom. The fraction of sp³-hybridized carbons (Fsp3) is 0.333. The lowest BCUT2D eigenvalue weighted by Gasteiger charge is -2.15. The topological polar surface area (TPSA) is 46.6 Å². The molecule has 2 aromatic carbocycles. The van der Waals surface area contributed by atoms with Gasteiger partial charge in [0.2, 0.25) is 0 Å². The van der Waals surface area contributed by atoms with E-state index in [1.807, 2.05) is 35.2 Å². The number of benzene rings is 2. The number of hydrogen-bond donors (Lipinski definition) is 0. The van der Waals surface area contributed by atoms with Crippen molar-refractivity contribution in [3.05, 3.63) is 59.7 Å². The van der Waals surface area contributed by atoms with Crippen molar-refractivity contribution < 1.29 is 14.3 Å². The van der Waals surface area contributed by atoms with Crippen LogP contribution < -0.4 is 0 Å². The lowest BCUT2D eigenvalue weighted by atomic mass is 9.97. The van der Waals surface area contributed by atoms with E-state index >= 15 is 0 Å². The molecule has 0 saturated heterocycles. The Balaban J connectivity index is 1.63. The second-order valence-corrected chi connectivity index (χ2v) is 6.31. The van der Waals surface area contributed by atoms with E-state index in [1.165, 1.54) is 7.11 Å². The molecule has 1 heterocycles. The molecular formula is C21H23NO3. The molecule has 0 saturated carbocycles. The van der Waals surface area contributed by atoms with Crippen LogP contribution in [0, 0.1) is 0 Å². The molecule has 4 heteroatoms. The largest absolute Gasteiger partial charge is 0.469 e. The maximum Gasteiger partial charge on any atom is 0.305 e. The Morgan fingerprint density at radius 3 is 2.52 bits per heavy atom. The van der Waals surface area contributed by atoms with Gasteiger partial charge in [-0.15, -0.1) is 0 Å². The molecule has 0 spiro atoms. The highest BCUT2D eigenvalue weighted by Crippen LogP contribution is 2.32. The standard InChI is InChI=1S/C21H23NO3/c1-25-20(23)13-6-3-7-14-22-15-19-17(16-9-4-2-5-10-16)11-8-12-18(19)21(22)24/h2,4-5,8-12H,3,6-7,13-15H2,1H3. The molecule has 0 unspecified atom stereocenters. The van der Waals surface area contributed by atoms with Gasteiger partial charge in [-0.25, -0.2) is 0 Å². The van der Waals surface area contributed by atoms with Gasteiger partial charge < -0.3 is 9.64 Å². The van der Waals surface area contributed by atoms with Crippen molar-refractivity contribution in [2.24, 2.45) is 0 Å². The molecule has 0 N–H and O–H groups in total. The summed E-state index contributed by atoms with van der Waals surface area (Å²) in [7, 11) is 1.41. The molecule has 0 bridgehead atoms. The smallest absolute Gasteiger partial charge is 0.305 e. The summed E-state index contributed by atoms with van der Waals surface area (Å²) in [5.74, 6) is -0.0575. The van der Waals surface area contributed by atoms with Crippen LogP contribution >= 0.6 is 0 Å². The first-order chi connectivity index (χ1) is 12.2. The summed E-state index contributed by atoms with van der Waals surface area (Å²) in [5.41, 5.74) is 4.22. The predicted octanol–water partition coefficient (Wildman–Crippen LogP) is 4.04. The normalized spacial score (nSPS) is 13.0. The Hall–Kier alpha value is -2.62. The number of esters is 1. The zero-order valence-electron chi connectivity index (χ0n) is 14.5. The SMILES string of the molecule is COC(=O)CCCCCN1Cc2c(cccc2-c2ccccc2)C1=O. The number of methoxy groups -OCH3 is 1. The van der Waals surface area contributed by atoms with E-state index in [2.05, 4.69) is 22.9 Å². The number of nitrogens with zero attached hydrogens (tertiary/aromatic N) is 1. The number of carbonyl (C=O) groups excluding carboxylic acids is 2. The van der Waals surface area contributed by atoms with Crippen molar-refractivity contribution >= 4 is 11.9 Å². The van der Waals surface area contributed by atoms with Crippen LogP contribution in [0.2, 0.25) is 0 Å². The molecule has 130 valence electrons. The number of unbranched alkanes of at least 4 members (excludes halogenated alkanes) is 2. The number of rotatable bonds is 7. The lowest BCUT2D eigenvalue weighted by molar-refractivity contribution is -0.140. The van der Waals surface area contributed by atoms with Crippen molar-refractivity contribution in [1.82, 2.24) is 4.90 Å². The summed E-state index contributed by atoms with van der Waals surface area (Å²) < 4.78 is 4.64. The molecule has 0 fully saturated rings. The van der Waals surface area contributed by atoms with Crippen molar-refractivity contribution in [2.75, 3.05) is 13.7 Å². The minimum Gasteiger partial charge on any atom is -0.469 e. The Labute approximate surface area is 148 Å². The van der Waals surface area contributed by atoms with Gasteiger partial charge in [0, 0.05) is 25.1 Å². The highest BCUT2D eigenvalue weighted by Gasteiger charge is 2.28. The second kappa shape index (κ2) is 7.97. The van der Waals surface area contributed by atoms with Crippen LogP contribution in [-0.2, 0) is 16.1 Å². The average molecular weight is 337 g/mol. The molecule has 25 heavy (non-hydrogen) atoms. The van der Waals surface area contributed by atoms with Crippen molar-refractivity contribution in [2.45, 2.75) is 32.2 Å². The van der Waals surface area contributed by atoms with E-state index in [-0.39, 0.29) is 11.9 Å². The van der Waals surface area contributed by atoms with Gasteiger partial charge in [0.1, 0.15) is 0 Å². The zero-order chi connectivity index (χ0) is 17.6. The van der Waals surface area contributed by atoms with Crippen LogP contribution in [0.4, 0.5) is 0 Å². The van der Waals surface area contributed by atoms with Gasteiger partial charge in [-0.2, -0.15) is 0 Å². The van der Waals surface area contributed by atoms with Crippen molar-refractivity contribution in [3.63, 3.8) is 0 Å². The van der Waals surface area contributed by atoms with E-state index in [1.54, 1.807) is 0 Å². The molecule has 1 aliphatic rings. The summed E-state index contributed by atoms with van der Waals surface area (Å²) in [6, 6.07) is 16.2. The molecule has 0 aliphatic carbocycles. The van der Waals surface area contributed by atoms with Gasteiger partial charge >= 0.3 is 5.97 Å². The molecule has 0 aromatic heterocycles. The van der Waals surface area contributed by atoms with Gasteiger partial charge in [-0.3, -0.25) is 9.59 Å². The summed E-state index contributed by atoms with van der Waals surface area (Å²) in [4.78, 5) is 25.7. The summed E-state index contributed by atoms with van der Waals surface area (Å²) in [6.45, 7) is 1.39. The third-order valence-corrected chi connectivity index (χ3v) is 4.66. The van der Waals surface area contributed by atoms with E-state index in [9.17, 15) is 9.59 Å². The monoisotopic (exact) mass is 337 g/mol. The quantitative estimate of drug-likeness (QED) is 0.566. The van der Waals surface area contributed by atoms with E-state index in [0.717, 1.165) is 48.1 Å². The second-order valence-electron chi connectivity index (χ2n) is 6.31. The summed E-state index contributed by atoms with van der Waals surface area (Å²) in [6.07, 6.45) is 3.07. The Morgan fingerprint density at radius 1 is 1.00 bits per heavy atom. The van der Waals surface area contributed by atoms with Crippen LogP contribution in [0.15, 0.2) is 48.5 Å². The van der Waals surface area contributed by atoms with Crippen LogP contribution in [0.25, 0.3) is 11.1 Å². The van der Waals surface area contributed by atoms with E-state index in [4.69, 9.17) is 0 Å². The van der Waals surface area contributed by atoms with Gasteiger partial charge in [0.25, 0.3) is 5.91 Å². The van der Waals surface area contributed by atoms with Gasteiger partial charge in [0.05, 0.1) is 7.11 Å². The molecule has 0 atom stereocenters. The zero-order valence-corrected chi connectivity index (χ0v) is 14.5. The third-order valence-electron chi connectivity index (χ3n) is 4.66. The molecule has 2 aromatic rings. The van der Waals surface area contributed by atoms with Crippen LogP contribution in [0.5, 0.6) is 0 Å². The predicted molar refractivity (Wildman–Crippen MR) is 97.1 cm³/mol. The number of ether oxygens (including phenoxy) is 1. The highest BCUT2D eigenvalue weighted by atomic mass is 16.5. The fourth-order valence-corrected chi connectivity index (χ4v) is 3.31. The van der Waals surface area contributed by atoms with Crippen molar-refractivity contribution in [1.29, 1.82) is 0 Å². The van der Waals surface area contributed by atoms with Gasteiger partial charge in [0.15, 0.2) is 0 Å². The van der Waals surface area contributed by atoms with E-state index < -0.39 is 0 Å². The number of fused-ring (bicyclic) bond motifs is 1. The molecule has 1 amide bonds. The molecule has 1 aliphatic heterocycles. The minimum absolute atomic E-state index is 0.112. The maximum absolute atomic E-state index is 12.7. The summed E-state index contributed by atoms with van der Waals surface area (Å²) >= 11 is 0. The summed E-state index contributed by atoms with van der Waals surface area (Å²) in [5, 5.41) is 0. The van der Waals surface area contributed by atoms with Crippen LogP contribution in [-0.4, -0.2) is 30.4 Å². The van der Waals surface area contributed by atoms with Crippen molar-refractivity contribution in [3.8, 4) is 11.1 Å². The van der Waals surface area contributed by atoms with Gasteiger partial charge in [-0.1, -0.05) is 48.9 Å². The van der Waals surface area contributed by atoms with Crippen LogP contribution in [0.1, 0.15) is 41.6 Å². The number of amides is 1. The molecule has 0 radical (unpaired) electrons. The Kier molecular flexibility index (Phi) is 5.49. The Bertz CT molecular complexity index is 755. The van der Waals surface area contributed by atoms with E-state index in [0.29, 0.717) is 13.0 Å². The molecule has 4 nitrogen and oxygen atoms in total. The lowest BCUT2D eigenvalue weighted by Crippen LogP contribution is -2.25.